The van der Waals surface area contributed by atoms with E-state index in [9.17, 15) is 0 Å². The highest BCUT2D eigenvalue weighted by Crippen LogP contribution is 2.14. The van der Waals surface area contributed by atoms with Crippen molar-refractivity contribution in [3.05, 3.63) is 12.7 Å². The Bertz CT molecular complexity index is 357. The van der Waals surface area contributed by atoms with Gasteiger partial charge in [-0.2, -0.15) is 11.8 Å². The molecule has 0 aliphatic carbocycles. The standard InChI is InChI=1S/C18H36N4OS/c1-5-12-24-13-7-20-18(19-6-2)21-15-17(14-16(3)4)22-8-10-23-11-9-22/h5,16-17H,1,6-15H2,2-4H3,(H2,19,20,21). The summed E-state index contributed by atoms with van der Waals surface area (Å²) in [7, 11) is 0. The van der Waals surface area contributed by atoms with Crippen LogP contribution in [0.5, 0.6) is 0 Å². The lowest BCUT2D eigenvalue weighted by atomic mass is 10.0. The first kappa shape index (κ1) is 21.3. The third-order valence-electron chi connectivity index (χ3n) is 3.88. The summed E-state index contributed by atoms with van der Waals surface area (Å²) in [5, 5.41) is 6.78. The third-order valence-corrected chi connectivity index (χ3v) is 4.85. The van der Waals surface area contributed by atoms with Crippen LogP contribution >= 0.6 is 11.8 Å². The van der Waals surface area contributed by atoms with Gasteiger partial charge in [-0.15, -0.1) is 6.58 Å². The monoisotopic (exact) mass is 356 g/mol. The Hall–Kier alpha value is -0.720. The summed E-state index contributed by atoms with van der Waals surface area (Å²) in [6, 6.07) is 0.500. The number of thioether (sulfide) groups is 1. The summed E-state index contributed by atoms with van der Waals surface area (Å²) in [6.45, 7) is 16.8. The van der Waals surface area contributed by atoms with E-state index >= 15 is 0 Å². The molecule has 1 atom stereocenters. The Balaban J connectivity index is 2.51. The van der Waals surface area contributed by atoms with Crippen LogP contribution in [-0.4, -0.2) is 74.3 Å². The van der Waals surface area contributed by atoms with E-state index in [1.807, 2.05) is 17.8 Å². The minimum Gasteiger partial charge on any atom is -0.379 e. The SMILES string of the molecule is C=CCSCCNC(=NCC(CC(C)C)N1CCOCC1)NCC. The molecular formula is C18H36N4OS. The minimum atomic E-state index is 0.500. The van der Waals surface area contributed by atoms with Crippen molar-refractivity contribution in [2.75, 3.05) is 57.4 Å². The molecule has 1 aliphatic rings. The largest absolute Gasteiger partial charge is 0.379 e. The lowest BCUT2D eigenvalue weighted by Crippen LogP contribution is -2.46. The average molecular weight is 357 g/mol. The van der Waals surface area contributed by atoms with Gasteiger partial charge in [-0.05, 0) is 19.3 Å². The summed E-state index contributed by atoms with van der Waals surface area (Å²) in [5.74, 6) is 3.68. The van der Waals surface area contributed by atoms with Gasteiger partial charge >= 0.3 is 0 Å². The highest BCUT2D eigenvalue weighted by molar-refractivity contribution is 7.99. The van der Waals surface area contributed by atoms with E-state index < -0.39 is 0 Å². The van der Waals surface area contributed by atoms with Gasteiger partial charge in [-0.1, -0.05) is 19.9 Å². The predicted octanol–water partition coefficient (Wildman–Crippen LogP) is 2.21. The molecule has 0 aromatic heterocycles. The molecule has 0 saturated carbocycles. The molecule has 0 spiro atoms. The summed E-state index contributed by atoms with van der Waals surface area (Å²) in [5.41, 5.74) is 0. The van der Waals surface area contributed by atoms with E-state index in [-0.39, 0.29) is 0 Å². The molecule has 0 aromatic rings. The van der Waals surface area contributed by atoms with Gasteiger partial charge in [-0.25, -0.2) is 0 Å². The van der Waals surface area contributed by atoms with Crippen molar-refractivity contribution in [3.8, 4) is 0 Å². The summed E-state index contributed by atoms with van der Waals surface area (Å²) in [4.78, 5) is 7.38. The van der Waals surface area contributed by atoms with Gasteiger partial charge < -0.3 is 15.4 Å². The number of ether oxygens (including phenoxy) is 1. The topological polar surface area (TPSA) is 48.9 Å². The molecule has 0 amide bonds. The lowest BCUT2D eigenvalue weighted by molar-refractivity contribution is 0.0143. The molecule has 5 nitrogen and oxygen atoms in total. The van der Waals surface area contributed by atoms with E-state index in [0.717, 1.165) is 63.4 Å². The van der Waals surface area contributed by atoms with Gasteiger partial charge in [0.15, 0.2) is 5.96 Å². The fourth-order valence-electron chi connectivity index (χ4n) is 2.77. The zero-order chi connectivity index (χ0) is 17.6. The molecule has 6 heteroatoms. The van der Waals surface area contributed by atoms with Crippen LogP contribution in [0, 0.1) is 5.92 Å². The number of morpholine rings is 1. The first-order chi connectivity index (χ1) is 11.7. The number of nitrogens with zero attached hydrogens (tertiary/aromatic N) is 2. The van der Waals surface area contributed by atoms with Crippen LogP contribution in [0.3, 0.4) is 0 Å². The van der Waals surface area contributed by atoms with Crippen molar-refractivity contribution in [3.63, 3.8) is 0 Å². The van der Waals surface area contributed by atoms with Crippen LogP contribution in [0.15, 0.2) is 17.6 Å². The van der Waals surface area contributed by atoms with Crippen LogP contribution in [0.4, 0.5) is 0 Å². The Morgan fingerprint density at radius 3 is 2.71 bits per heavy atom. The fourth-order valence-corrected chi connectivity index (χ4v) is 3.35. The Morgan fingerprint density at radius 2 is 2.08 bits per heavy atom. The molecule has 1 heterocycles. The first-order valence-corrected chi connectivity index (χ1v) is 10.4. The highest BCUT2D eigenvalue weighted by Gasteiger charge is 2.21. The summed E-state index contributed by atoms with van der Waals surface area (Å²) >= 11 is 1.88. The molecular weight excluding hydrogens is 320 g/mol. The molecule has 0 aromatic carbocycles. The van der Waals surface area contributed by atoms with Crippen molar-refractivity contribution in [2.45, 2.75) is 33.2 Å². The lowest BCUT2D eigenvalue weighted by Gasteiger charge is -2.34. The smallest absolute Gasteiger partial charge is 0.191 e. The van der Waals surface area contributed by atoms with E-state index in [1.54, 1.807) is 0 Å². The Kier molecular flexibility index (Phi) is 12.0. The number of rotatable bonds is 11. The molecule has 1 aliphatic heterocycles. The van der Waals surface area contributed by atoms with E-state index in [2.05, 4.69) is 42.9 Å². The average Bonchev–Trinajstić information content (AvgIpc) is 2.58. The van der Waals surface area contributed by atoms with Crippen molar-refractivity contribution in [1.29, 1.82) is 0 Å². The summed E-state index contributed by atoms with van der Waals surface area (Å²) in [6.07, 6.45) is 3.13. The van der Waals surface area contributed by atoms with Crippen molar-refractivity contribution in [2.24, 2.45) is 10.9 Å². The van der Waals surface area contributed by atoms with Gasteiger partial charge in [-0.3, -0.25) is 9.89 Å². The molecule has 140 valence electrons. The number of hydrogen-bond acceptors (Lipinski definition) is 4. The normalized spacial score (nSPS) is 17.8. The number of aliphatic imine (C=N–C) groups is 1. The van der Waals surface area contributed by atoms with Crippen LogP contribution in [-0.2, 0) is 4.74 Å². The van der Waals surface area contributed by atoms with Crippen LogP contribution in [0.2, 0.25) is 0 Å². The second-order valence-corrected chi connectivity index (χ2v) is 7.59. The maximum absolute atomic E-state index is 5.49. The molecule has 1 fully saturated rings. The molecule has 2 N–H and O–H groups in total. The number of nitrogens with one attached hydrogen (secondary N) is 2. The van der Waals surface area contributed by atoms with Gasteiger partial charge in [0.05, 0.1) is 19.8 Å². The fraction of sp³-hybridized carbons (Fsp3) is 0.833. The molecule has 1 rings (SSSR count). The van der Waals surface area contributed by atoms with Crippen molar-refractivity contribution >= 4 is 17.7 Å². The Morgan fingerprint density at radius 1 is 1.33 bits per heavy atom. The summed E-state index contributed by atoms with van der Waals surface area (Å²) < 4.78 is 5.49. The minimum absolute atomic E-state index is 0.500. The second-order valence-electron chi connectivity index (χ2n) is 6.44. The predicted molar refractivity (Wildman–Crippen MR) is 107 cm³/mol. The first-order valence-electron chi connectivity index (χ1n) is 9.20. The zero-order valence-electron chi connectivity index (χ0n) is 15.7. The van der Waals surface area contributed by atoms with Gasteiger partial charge in [0, 0.05) is 43.7 Å². The number of guanidine groups is 1. The molecule has 0 bridgehead atoms. The van der Waals surface area contributed by atoms with Gasteiger partial charge in [0.25, 0.3) is 0 Å². The van der Waals surface area contributed by atoms with E-state index in [0.29, 0.717) is 12.0 Å². The van der Waals surface area contributed by atoms with Gasteiger partial charge in [0.1, 0.15) is 0 Å². The maximum Gasteiger partial charge on any atom is 0.191 e. The zero-order valence-corrected chi connectivity index (χ0v) is 16.5. The Labute approximate surface area is 152 Å². The molecule has 1 saturated heterocycles. The van der Waals surface area contributed by atoms with Gasteiger partial charge in [0.2, 0.25) is 0 Å². The molecule has 0 radical (unpaired) electrons. The molecule has 1 unspecified atom stereocenters. The highest BCUT2D eigenvalue weighted by atomic mass is 32.2. The van der Waals surface area contributed by atoms with Crippen LogP contribution < -0.4 is 10.6 Å². The maximum atomic E-state index is 5.49. The second kappa shape index (κ2) is 13.6. The third kappa shape index (κ3) is 9.55. The van der Waals surface area contributed by atoms with Crippen LogP contribution in [0.1, 0.15) is 27.2 Å². The van der Waals surface area contributed by atoms with E-state index in [1.165, 1.54) is 6.42 Å². The van der Waals surface area contributed by atoms with Crippen molar-refractivity contribution in [1.82, 2.24) is 15.5 Å². The van der Waals surface area contributed by atoms with E-state index in [4.69, 9.17) is 9.73 Å². The number of hydrogen-bond donors (Lipinski definition) is 2. The molecule has 24 heavy (non-hydrogen) atoms. The van der Waals surface area contributed by atoms with Crippen molar-refractivity contribution < 1.29 is 4.74 Å². The van der Waals surface area contributed by atoms with Crippen LogP contribution in [0.25, 0.3) is 0 Å². The quantitative estimate of drug-likeness (QED) is 0.257.